The van der Waals surface area contributed by atoms with E-state index in [-0.39, 0.29) is 13.0 Å². The summed E-state index contributed by atoms with van der Waals surface area (Å²) in [6, 6.07) is -1.13. The molecule has 0 aliphatic carbocycles. The number of carbonyl (C=O) groups excluding carboxylic acids is 3. The molecule has 10 heteroatoms. The first-order chi connectivity index (χ1) is 12.1. The van der Waals surface area contributed by atoms with Crippen LogP contribution < -0.4 is 10.6 Å². The van der Waals surface area contributed by atoms with Crippen molar-refractivity contribution in [3.8, 4) is 0 Å². The van der Waals surface area contributed by atoms with Gasteiger partial charge in [0.15, 0.2) is 0 Å². The summed E-state index contributed by atoms with van der Waals surface area (Å²) in [6.07, 6.45) is -5.48. The second-order valence-corrected chi connectivity index (χ2v) is 6.65. The average molecular weight is 376 g/mol. The van der Waals surface area contributed by atoms with Crippen LogP contribution in [-0.4, -0.2) is 81.3 Å². The SMILES string of the molecule is CCC(O)C(O)C1OC(O)(C(=O)NCC(C)C=O)CC(O)C1NC(C)=O. The van der Waals surface area contributed by atoms with E-state index in [1.54, 1.807) is 13.8 Å². The van der Waals surface area contributed by atoms with Crippen LogP contribution in [0.1, 0.15) is 33.6 Å². The van der Waals surface area contributed by atoms with Gasteiger partial charge in [0, 0.05) is 25.8 Å². The first-order valence-corrected chi connectivity index (χ1v) is 8.50. The van der Waals surface area contributed by atoms with E-state index in [0.29, 0.717) is 6.29 Å². The summed E-state index contributed by atoms with van der Waals surface area (Å²) < 4.78 is 5.34. The molecule has 1 fully saturated rings. The molecule has 0 bridgehead atoms. The predicted molar refractivity (Wildman–Crippen MR) is 88.6 cm³/mol. The highest BCUT2D eigenvalue weighted by atomic mass is 16.6. The standard InChI is InChI=1S/C16H28N2O8/c1-4-10(21)13(23)14-12(18-9(3)20)11(22)5-16(25,26-14)15(24)17-6-8(2)7-19/h7-8,10-14,21-23,25H,4-6H2,1-3H3,(H,17,24)(H,18,20). The van der Waals surface area contributed by atoms with E-state index in [1.165, 1.54) is 6.92 Å². The molecule has 1 heterocycles. The Balaban J connectivity index is 3.02. The van der Waals surface area contributed by atoms with Crippen LogP contribution in [0.15, 0.2) is 0 Å². The molecule has 0 spiro atoms. The van der Waals surface area contributed by atoms with E-state index in [9.17, 15) is 34.8 Å². The van der Waals surface area contributed by atoms with Gasteiger partial charge in [-0.05, 0) is 6.42 Å². The third kappa shape index (κ3) is 5.45. The lowest BCUT2D eigenvalue weighted by atomic mass is 9.88. The highest BCUT2D eigenvalue weighted by Crippen LogP contribution is 2.31. The van der Waals surface area contributed by atoms with Crippen molar-refractivity contribution >= 4 is 18.1 Å². The zero-order valence-electron chi connectivity index (χ0n) is 15.1. The molecular formula is C16H28N2O8. The molecule has 0 aromatic heterocycles. The Morgan fingerprint density at radius 3 is 2.50 bits per heavy atom. The molecule has 7 atom stereocenters. The van der Waals surface area contributed by atoms with Crippen LogP contribution in [0, 0.1) is 5.92 Å². The first-order valence-electron chi connectivity index (χ1n) is 8.50. The average Bonchev–Trinajstić information content (AvgIpc) is 2.59. The van der Waals surface area contributed by atoms with E-state index in [0.717, 1.165) is 0 Å². The summed E-state index contributed by atoms with van der Waals surface area (Å²) in [5.74, 6) is -4.49. The highest BCUT2D eigenvalue weighted by molar-refractivity contribution is 5.84. The van der Waals surface area contributed by atoms with E-state index in [4.69, 9.17) is 4.74 Å². The largest absolute Gasteiger partial charge is 0.391 e. The van der Waals surface area contributed by atoms with Crippen LogP contribution in [0.2, 0.25) is 0 Å². The summed E-state index contributed by atoms with van der Waals surface area (Å²) in [6.45, 7) is 4.30. The Hall–Kier alpha value is -1.59. The van der Waals surface area contributed by atoms with Crippen molar-refractivity contribution in [2.24, 2.45) is 5.92 Å². The number of nitrogens with one attached hydrogen (secondary N) is 2. The van der Waals surface area contributed by atoms with Gasteiger partial charge in [0.25, 0.3) is 5.91 Å². The minimum absolute atomic E-state index is 0.0516. The third-order valence-corrected chi connectivity index (χ3v) is 4.28. The number of ether oxygens (including phenoxy) is 1. The number of aliphatic hydroxyl groups excluding tert-OH is 3. The maximum atomic E-state index is 12.3. The minimum atomic E-state index is -2.49. The molecule has 0 radical (unpaired) electrons. The molecular weight excluding hydrogens is 348 g/mol. The summed E-state index contributed by atoms with van der Waals surface area (Å²) in [5, 5.41) is 45.8. The summed E-state index contributed by atoms with van der Waals surface area (Å²) in [4.78, 5) is 34.3. The summed E-state index contributed by atoms with van der Waals surface area (Å²) >= 11 is 0. The maximum absolute atomic E-state index is 12.3. The number of aliphatic hydroxyl groups is 4. The molecule has 150 valence electrons. The molecule has 10 nitrogen and oxygen atoms in total. The van der Waals surface area contributed by atoms with E-state index >= 15 is 0 Å². The smallest absolute Gasteiger partial charge is 0.280 e. The van der Waals surface area contributed by atoms with Gasteiger partial charge in [-0.2, -0.15) is 0 Å². The first kappa shape index (κ1) is 22.5. The zero-order valence-corrected chi connectivity index (χ0v) is 15.1. The molecule has 1 aliphatic rings. The number of hydrogen-bond acceptors (Lipinski definition) is 8. The van der Waals surface area contributed by atoms with Crippen molar-refractivity contribution in [3.05, 3.63) is 0 Å². The molecule has 1 aliphatic heterocycles. The van der Waals surface area contributed by atoms with Crippen molar-refractivity contribution in [2.75, 3.05) is 6.54 Å². The Kier molecular flexibility index (Phi) is 8.10. The molecule has 26 heavy (non-hydrogen) atoms. The second kappa shape index (κ2) is 9.38. The molecule has 0 aromatic rings. The number of amides is 2. The predicted octanol–water partition coefficient (Wildman–Crippen LogP) is -2.59. The Morgan fingerprint density at radius 2 is 2.00 bits per heavy atom. The van der Waals surface area contributed by atoms with Gasteiger partial charge >= 0.3 is 0 Å². The molecule has 0 aromatic carbocycles. The molecule has 6 N–H and O–H groups in total. The fourth-order valence-corrected chi connectivity index (χ4v) is 2.72. The van der Waals surface area contributed by atoms with Crippen LogP contribution in [0.3, 0.4) is 0 Å². The number of rotatable bonds is 8. The topological polar surface area (TPSA) is 165 Å². The van der Waals surface area contributed by atoms with Gasteiger partial charge in [0.05, 0.1) is 18.2 Å². The fraction of sp³-hybridized carbons (Fsp3) is 0.812. The molecule has 0 saturated carbocycles. The summed E-state index contributed by atoms with van der Waals surface area (Å²) in [5.41, 5.74) is 0. The van der Waals surface area contributed by atoms with Gasteiger partial charge in [0.1, 0.15) is 18.5 Å². The second-order valence-electron chi connectivity index (χ2n) is 6.65. The number of aldehydes is 1. The normalized spacial score (nSPS) is 32.2. The van der Waals surface area contributed by atoms with Crippen molar-refractivity contribution in [1.82, 2.24) is 10.6 Å². The van der Waals surface area contributed by atoms with Crippen molar-refractivity contribution < 1.29 is 39.5 Å². The van der Waals surface area contributed by atoms with Crippen LogP contribution in [0.25, 0.3) is 0 Å². The lowest BCUT2D eigenvalue weighted by Crippen LogP contribution is -2.68. The van der Waals surface area contributed by atoms with Gasteiger partial charge in [-0.15, -0.1) is 0 Å². The molecule has 7 unspecified atom stereocenters. The number of carbonyl (C=O) groups is 3. The fourth-order valence-electron chi connectivity index (χ4n) is 2.72. The van der Waals surface area contributed by atoms with Gasteiger partial charge in [-0.25, -0.2) is 0 Å². The Morgan fingerprint density at radius 1 is 1.38 bits per heavy atom. The third-order valence-electron chi connectivity index (χ3n) is 4.28. The number of hydrogen-bond donors (Lipinski definition) is 6. The van der Waals surface area contributed by atoms with E-state index in [1.807, 2.05) is 0 Å². The van der Waals surface area contributed by atoms with Crippen LogP contribution >= 0.6 is 0 Å². The van der Waals surface area contributed by atoms with Gasteiger partial charge in [-0.3, -0.25) is 9.59 Å². The lowest BCUT2D eigenvalue weighted by molar-refractivity contribution is -0.286. The highest BCUT2D eigenvalue weighted by Gasteiger charge is 2.53. The van der Waals surface area contributed by atoms with Crippen molar-refractivity contribution in [2.45, 2.75) is 69.9 Å². The monoisotopic (exact) mass is 376 g/mol. The maximum Gasteiger partial charge on any atom is 0.280 e. The molecule has 2 amide bonds. The van der Waals surface area contributed by atoms with Gasteiger partial charge in [-0.1, -0.05) is 13.8 Å². The van der Waals surface area contributed by atoms with Crippen LogP contribution in [-0.2, 0) is 19.1 Å². The lowest BCUT2D eigenvalue weighted by Gasteiger charge is -2.45. The Bertz CT molecular complexity index is 516. The van der Waals surface area contributed by atoms with Gasteiger partial charge in [0.2, 0.25) is 11.7 Å². The Labute approximate surface area is 151 Å². The molecule has 1 rings (SSSR count). The van der Waals surface area contributed by atoms with Crippen molar-refractivity contribution in [1.29, 1.82) is 0 Å². The van der Waals surface area contributed by atoms with Crippen LogP contribution in [0.4, 0.5) is 0 Å². The van der Waals surface area contributed by atoms with E-state index in [2.05, 4.69) is 10.6 Å². The van der Waals surface area contributed by atoms with Crippen LogP contribution in [0.5, 0.6) is 0 Å². The minimum Gasteiger partial charge on any atom is -0.391 e. The zero-order chi connectivity index (χ0) is 20.1. The van der Waals surface area contributed by atoms with E-state index < -0.39 is 60.4 Å². The summed E-state index contributed by atoms with van der Waals surface area (Å²) in [7, 11) is 0. The quantitative estimate of drug-likeness (QED) is 0.251. The van der Waals surface area contributed by atoms with Crippen molar-refractivity contribution in [3.63, 3.8) is 0 Å². The molecule has 1 saturated heterocycles. The van der Waals surface area contributed by atoms with Gasteiger partial charge < -0.3 is 40.6 Å².